The molecule has 0 spiro atoms. The number of carboxylic acid groups (broad SMARTS) is 1. The zero-order chi connectivity index (χ0) is 13.3. The van der Waals surface area contributed by atoms with Gasteiger partial charge >= 0.3 is 5.97 Å². The molecule has 1 aromatic heterocycles. The van der Waals surface area contributed by atoms with Gasteiger partial charge in [0.05, 0.1) is 0 Å². The molecule has 2 N–H and O–H groups in total. The van der Waals surface area contributed by atoms with Gasteiger partial charge in [-0.2, -0.15) is 0 Å². The van der Waals surface area contributed by atoms with Crippen LogP contribution in [0.5, 0.6) is 5.75 Å². The maximum absolute atomic E-state index is 10.7. The van der Waals surface area contributed by atoms with Gasteiger partial charge in [0.2, 0.25) is 0 Å². The van der Waals surface area contributed by atoms with Crippen molar-refractivity contribution >= 4 is 29.2 Å². The molecule has 0 fully saturated rings. The van der Waals surface area contributed by atoms with Crippen LogP contribution in [-0.2, 0) is 0 Å². The van der Waals surface area contributed by atoms with Crippen molar-refractivity contribution < 1.29 is 15.0 Å². The Labute approximate surface area is 112 Å². The van der Waals surface area contributed by atoms with Crippen molar-refractivity contribution in [2.45, 2.75) is 0 Å². The Kier molecular flexibility index (Phi) is 3.41. The predicted molar refractivity (Wildman–Crippen MR) is 68.3 cm³/mol. The monoisotopic (exact) mass is 283 g/mol. The number of hydrogen-bond donors (Lipinski definition) is 2. The van der Waals surface area contributed by atoms with Crippen molar-refractivity contribution in [3.8, 4) is 16.9 Å². The molecule has 0 amide bonds. The summed E-state index contributed by atoms with van der Waals surface area (Å²) in [5.41, 5.74) is 0.726. The number of aromatic nitrogens is 1. The highest BCUT2D eigenvalue weighted by atomic mass is 35.5. The number of pyridine rings is 1. The fourth-order valence-corrected chi connectivity index (χ4v) is 2.01. The van der Waals surface area contributed by atoms with E-state index in [4.69, 9.17) is 28.3 Å². The molecule has 1 aromatic carbocycles. The average Bonchev–Trinajstić information content (AvgIpc) is 2.28. The number of halogens is 2. The molecule has 6 heteroatoms. The van der Waals surface area contributed by atoms with Crippen LogP contribution in [0.4, 0.5) is 0 Å². The minimum atomic E-state index is -1.29. The van der Waals surface area contributed by atoms with Crippen LogP contribution in [0.25, 0.3) is 11.1 Å². The molecule has 0 aliphatic heterocycles. The lowest BCUT2D eigenvalue weighted by atomic mass is 10.1. The lowest BCUT2D eigenvalue weighted by molar-refractivity contribution is 0.0687. The number of hydrogen-bond acceptors (Lipinski definition) is 3. The number of rotatable bonds is 2. The van der Waals surface area contributed by atoms with Crippen LogP contribution in [0.3, 0.4) is 0 Å². The highest BCUT2D eigenvalue weighted by molar-refractivity contribution is 6.36. The summed E-state index contributed by atoms with van der Waals surface area (Å²) in [6, 6.07) is 6.17. The van der Waals surface area contributed by atoms with Gasteiger partial charge in [-0.3, -0.25) is 0 Å². The maximum atomic E-state index is 10.7. The molecular formula is C12H7Cl2NO3. The molecule has 0 saturated heterocycles. The lowest BCUT2D eigenvalue weighted by Gasteiger charge is -2.06. The molecule has 0 radical (unpaired) electrons. The molecule has 0 unspecified atom stereocenters. The van der Waals surface area contributed by atoms with Gasteiger partial charge in [-0.25, -0.2) is 9.78 Å². The predicted octanol–water partition coefficient (Wildman–Crippen LogP) is 3.46. The van der Waals surface area contributed by atoms with Crippen LogP contribution in [-0.4, -0.2) is 21.2 Å². The number of aromatic carboxylic acids is 1. The minimum absolute atomic E-state index is 0.395. The summed E-state index contributed by atoms with van der Waals surface area (Å²) >= 11 is 11.8. The van der Waals surface area contributed by atoms with Crippen molar-refractivity contribution in [2.24, 2.45) is 0 Å². The maximum Gasteiger partial charge on any atom is 0.358 e. The molecule has 4 nitrogen and oxygen atoms in total. The molecule has 0 aliphatic carbocycles. The lowest BCUT2D eigenvalue weighted by Crippen LogP contribution is -2.00. The van der Waals surface area contributed by atoms with E-state index in [-0.39, 0.29) is 0 Å². The van der Waals surface area contributed by atoms with Crippen LogP contribution in [0.2, 0.25) is 10.0 Å². The largest absolute Gasteiger partial charge is 0.505 e. The first kappa shape index (κ1) is 12.7. The van der Waals surface area contributed by atoms with E-state index in [1.54, 1.807) is 18.2 Å². The third-order valence-electron chi connectivity index (χ3n) is 2.31. The third kappa shape index (κ3) is 2.39. The Hall–Kier alpha value is -1.78. The van der Waals surface area contributed by atoms with Crippen LogP contribution in [0, 0.1) is 0 Å². The highest BCUT2D eigenvalue weighted by Crippen LogP contribution is 2.32. The van der Waals surface area contributed by atoms with E-state index in [0.717, 1.165) is 0 Å². The fourth-order valence-electron chi connectivity index (χ4n) is 1.49. The van der Waals surface area contributed by atoms with Crippen LogP contribution < -0.4 is 0 Å². The van der Waals surface area contributed by atoms with E-state index in [1.807, 2.05) is 0 Å². The summed E-state index contributed by atoms with van der Waals surface area (Å²) in [6.07, 6.45) is 1.33. The Balaban J connectivity index is 2.52. The van der Waals surface area contributed by atoms with E-state index in [1.165, 1.54) is 12.3 Å². The van der Waals surface area contributed by atoms with E-state index in [9.17, 15) is 9.90 Å². The van der Waals surface area contributed by atoms with E-state index >= 15 is 0 Å². The van der Waals surface area contributed by atoms with E-state index in [2.05, 4.69) is 4.98 Å². The summed E-state index contributed by atoms with van der Waals surface area (Å²) in [5.74, 6) is -1.70. The first-order valence-electron chi connectivity index (χ1n) is 4.87. The highest BCUT2D eigenvalue weighted by Gasteiger charge is 2.13. The normalized spacial score (nSPS) is 10.3. The summed E-state index contributed by atoms with van der Waals surface area (Å²) in [6.45, 7) is 0. The first-order chi connectivity index (χ1) is 8.49. The second-order valence-corrected chi connectivity index (χ2v) is 4.36. The smallest absolute Gasteiger partial charge is 0.358 e. The summed E-state index contributed by atoms with van der Waals surface area (Å²) in [7, 11) is 0. The Morgan fingerprint density at radius 1 is 1.22 bits per heavy atom. The van der Waals surface area contributed by atoms with Gasteiger partial charge in [-0.05, 0) is 18.2 Å². The number of benzene rings is 1. The standard InChI is InChI=1S/C12H7Cl2NO3/c13-7-1-2-8(9(14)4-7)6-3-10(16)11(12(17)18)15-5-6/h1-5,16H,(H,17,18). The molecule has 1 heterocycles. The number of aromatic hydroxyl groups is 1. The van der Waals surface area contributed by atoms with Crippen LogP contribution in [0.1, 0.15) is 10.5 Å². The van der Waals surface area contributed by atoms with Crippen molar-refractivity contribution in [1.82, 2.24) is 4.98 Å². The topological polar surface area (TPSA) is 70.4 Å². The third-order valence-corrected chi connectivity index (χ3v) is 2.86. The van der Waals surface area contributed by atoms with E-state index in [0.29, 0.717) is 21.2 Å². The SMILES string of the molecule is O=C(O)c1ncc(-c2ccc(Cl)cc2Cl)cc1O. The summed E-state index contributed by atoms with van der Waals surface area (Å²) in [4.78, 5) is 14.4. The second-order valence-electron chi connectivity index (χ2n) is 3.52. The number of nitrogens with zero attached hydrogens (tertiary/aromatic N) is 1. The first-order valence-corrected chi connectivity index (χ1v) is 5.62. The zero-order valence-corrected chi connectivity index (χ0v) is 10.4. The molecule has 0 saturated carbocycles. The Morgan fingerprint density at radius 3 is 2.50 bits per heavy atom. The minimum Gasteiger partial charge on any atom is -0.505 e. The molecule has 0 atom stereocenters. The van der Waals surface area contributed by atoms with Gasteiger partial charge in [-0.1, -0.05) is 29.3 Å². The average molecular weight is 284 g/mol. The summed E-state index contributed by atoms with van der Waals surface area (Å²) < 4.78 is 0. The van der Waals surface area contributed by atoms with Gasteiger partial charge in [-0.15, -0.1) is 0 Å². The molecule has 2 aromatic rings. The molecule has 2 rings (SSSR count). The van der Waals surface area contributed by atoms with Gasteiger partial charge in [0.15, 0.2) is 5.69 Å². The van der Waals surface area contributed by atoms with Crippen LogP contribution in [0.15, 0.2) is 30.5 Å². The van der Waals surface area contributed by atoms with Gasteiger partial charge < -0.3 is 10.2 Å². The second kappa shape index (κ2) is 4.84. The molecular weight excluding hydrogens is 277 g/mol. The van der Waals surface area contributed by atoms with Gasteiger partial charge in [0.1, 0.15) is 5.75 Å². The molecule has 0 aliphatic rings. The van der Waals surface area contributed by atoms with Gasteiger partial charge in [0.25, 0.3) is 0 Å². The van der Waals surface area contributed by atoms with Crippen molar-refractivity contribution in [3.05, 3.63) is 46.2 Å². The van der Waals surface area contributed by atoms with Crippen LogP contribution >= 0.6 is 23.2 Å². The van der Waals surface area contributed by atoms with Crippen molar-refractivity contribution in [2.75, 3.05) is 0 Å². The van der Waals surface area contributed by atoms with Gasteiger partial charge in [0, 0.05) is 27.4 Å². The van der Waals surface area contributed by atoms with Crippen molar-refractivity contribution in [1.29, 1.82) is 0 Å². The van der Waals surface area contributed by atoms with Crippen molar-refractivity contribution in [3.63, 3.8) is 0 Å². The summed E-state index contributed by atoms with van der Waals surface area (Å²) in [5, 5.41) is 19.2. The number of carboxylic acids is 1. The Bertz CT molecular complexity index is 629. The fraction of sp³-hybridized carbons (Fsp3) is 0. The Morgan fingerprint density at radius 2 is 1.94 bits per heavy atom. The molecule has 18 heavy (non-hydrogen) atoms. The quantitative estimate of drug-likeness (QED) is 0.886. The van der Waals surface area contributed by atoms with E-state index < -0.39 is 17.4 Å². The molecule has 0 bridgehead atoms. The zero-order valence-electron chi connectivity index (χ0n) is 8.89. The molecule has 92 valence electrons. The number of carbonyl (C=O) groups is 1.